The Balaban J connectivity index is 1.07. The molecule has 0 spiro atoms. The summed E-state index contributed by atoms with van der Waals surface area (Å²) >= 11 is 0. The predicted octanol–water partition coefficient (Wildman–Crippen LogP) is 17.6. The van der Waals surface area contributed by atoms with E-state index in [0.29, 0.717) is 50.1 Å². The first kappa shape index (κ1) is 45.1. The number of rotatable bonds is 9. The van der Waals surface area contributed by atoms with Crippen LogP contribution in [0.5, 0.6) is 11.5 Å². The second-order valence-electron chi connectivity index (χ2n) is 27.5. The number of benzene rings is 4. The van der Waals surface area contributed by atoms with Crippen molar-refractivity contribution in [3.63, 3.8) is 0 Å². The van der Waals surface area contributed by atoms with E-state index in [1.807, 2.05) is 0 Å². The highest BCUT2D eigenvalue weighted by molar-refractivity contribution is 5.89. The molecule has 67 heavy (non-hydrogen) atoms. The smallest absolute Gasteiger partial charge is 0.127 e. The van der Waals surface area contributed by atoms with E-state index in [0.717, 1.165) is 58.7 Å². The molecule has 0 atom stereocenters. The number of aryl methyl sites for hydroxylation is 2. The minimum Gasteiger partial charge on any atom is -0.507 e. The largest absolute Gasteiger partial charge is 0.507 e. The summed E-state index contributed by atoms with van der Waals surface area (Å²) in [6.45, 7) is 29.1. The van der Waals surface area contributed by atoms with Gasteiger partial charge in [-0.1, -0.05) is 123 Å². The first-order valence-corrected chi connectivity index (χ1v) is 26.2. The van der Waals surface area contributed by atoms with Gasteiger partial charge in [0.1, 0.15) is 11.5 Å². The normalized spacial score (nSPS) is 34.7. The van der Waals surface area contributed by atoms with Crippen molar-refractivity contribution in [1.82, 2.24) is 4.98 Å². The average molecular weight is 894 g/mol. The highest BCUT2D eigenvalue weighted by Crippen LogP contribution is 2.76. The summed E-state index contributed by atoms with van der Waals surface area (Å²) in [5.41, 5.74) is 18.5. The molecule has 3 heteroatoms. The van der Waals surface area contributed by atoms with Gasteiger partial charge in [0.15, 0.2) is 0 Å². The molecule has 8 aliphatic carbocycles. The zero-order valence-electron chi connectivity index (χ0n) is 43.4. The average Bonchev–Trinajstić information content (AvgIpc) is 3.20. The molecule has 0 unspecified atom stereocenters. The number of hydrogen-bond donors (Lipinski definition) is 1. The summed E-state index contributed by atoms with van der Waals surface area (Å²) in [5, 5.41) is 12.9. The van der Waals surface area contributed by atoms with Crippen molar-refractivity contribution in [2.24, 2.45) is 32.5 Å². The molecule has 5 aromatic rings. The standard InChI is InChI=1S/C64H79NO2/c1-39(2)43-14-16-48(45-18-41(5)19-46(22-45)63-33-57(7)27-58(8,34-63)29-59(9,28-57)35-63)50(23-43)54-25-47(67-13)26-55(65-54)51-24-44(40(3)4)15-17-49(51)52-20-42(6)21-53(56(52)66)64-36-60(10)30-61(11,37-64)32-62(12,31-60)38-64/h14-26,39-40,66H,27-38H2,1-13H3. The molecule has 8 bridgehead atoms. The molecule has 1 aromatic heterocycles. The second-order valence-corrected chi connectivity index (χ2v) is 27.5. The summed E-state index contributed by atoms with van der Waals surface area (Å²) in [5.74, 6) is 1.92. The lowest BCUT2D eigenvalue weighted by molar-refractivity contribution is -0.152. The van der Waals surface area contributed by atoms with Crippen molar-refractivity contribution in [1.29, 1.82) is 0 Å². The van der Waals surface area contributed by atoms with Crippen LogP contribution in [0.25, 0.3) is 44.8 Å². The van der Waals surface area contributed by atoms with E-state index in [-0.39, 0.29) is 10.8 Å². The Labute approximate surface area is 404 Å². The SMILES string of the molecule is COc1cc(-c2cc(C(C)C)ccc2-c2cc(C)cc(C34CC5(C)CC(C)(CC(C)(C5)C3)C4)c2)nc(-c2cc(C(C)C)ccc2-c2cc(C)cc(C34CC5(C)CC(C)(CC(C)(C5)C3)C4)c2O)c1. The van der Waals surface area contributed by atoms with Gasteiger partial charge in [0, 0.05) is 39.8 Å². The van der Waals surface area contributed by atoms with E-state index in [9.17, 15) is 5.11 Å². The number of pyridine rings is 1. The molecular formula is C64H79NO2. The molecule has 13 rings (SSSR count). The van der Waals surface area contributed by atoms with Gasteiger partial charge in [-0.25, -0.2) is 4.98 Å². The fourth-order valence-corrected chi connectivity index (χ4v) is 19.5. The Hall–Kier alpha value is -4.37. The van der Waals surface area contributed by atoms with Gasteiger partial charge in [-0.15, -0.1) is 0 Å². The quantitative estimate of drug-likeness (QED) is 0.160. The number of ether oxygens (including phenoxy) is 1. The summed E-state index contributed by atoms with van der Waals surface area (Å²) in [6.07, 6.45) is 15.3. The van der Waals surface area contributed by atoms with Gasteiger partial charge in [0.05, 0.1) is 18.5 Å². The molecule has 0 aliphatic heterocycles. The molecule has 8 fully saturated rings. The van der Waals surface area contributed by atoms with Gasteiger partial charge in [0.25, 0.3) is 0 Å². The summed E-state index contributed by atoms with van der Waals surface area (Å²) in [6, 6.07) is 30.4. The van der Waals surface area contributed by atoms with Crippen molar-refractivity contribution in [2.45, 2.75) is 183 Å². The van der Waals surface area contributed by atoms with Crippen LogP contribution in [0.4, 0.5) is 0 Å². The molecule has 8 aliphatic rings. The summed E-state index contributed by atoms with van der Waals surface area (Å²) in [7, 11) is 1.78. The maximum Gasteiger partial charge on any atom is 0.127 e. The Kier molecular flexibility index (Phi) is 9.82. The van der Waals surface area contributed by atoms with Crippen LogP contribution >= 0.6 is 0 Å². The molecule has 0 saturated heterocycles. The summed E-state index contributed by atoms with van der Waals surface area (Å²) < 4.78 is 6.23. The van der Waals surface area contributed by atoms with Crippen LogP contribution in [0, 0.1) is 46.3 Å². The molecule has 0 radical (unpaired) electrons. The van der Waals surface area contributed by atoms with Gasteiger partial charge >= 0.3 is 0 Å². The van der Waals surface area contributed by atoms with Crippen LogP contribution in [-0.2, 0) is 10.8 Å². The maximum absolute atomic E-state index is 12.9. The molecule has 352 valence electrons. The Morgan fingerprint density at radius 3 is 1.36 bits per heavy atom. The third-order valence-corrected chi connectivity index (χ3v) is 18.8. The van der Waals surface area contributed by atoms with Crippen molar-refractivity contribution in [3.8, 4) is 56.3 Å². The maximum atomic E-state index is 12.9. The van der Waals surface area contributed by atoms with Crippen LogP contribution in [0.2, 0.25) is 0 Å². The molecule has 3 nitrogen and oxygen atoms in total. The number of aromatic nitrogens is 1. The van der Waals surface area contributed by atoms with Gasteiger partial charge in [0.2, 0.25) is 0 Å². The highest BCUT2D eigenvalue weighted by Gasteiger charge is 2.66. The van der Waals surface area contributed by atoms with E-state index >= 15 is 0 Å². The Morgan fingerprint density at radius 1 is 0.463 bits per heavy atom. The molecule has 1 N–H and O–H groups in total. The number of phenols is 1. The van der Waals surface area contributed by atoms with Gasteiger partial charge in [-0.2, -0.15) is 0 Å². The van der Waals surface area contributed by atoms with Crippen molar-refractivity contribution >= 4 is 0 Å². The van der Waals surface area contributed by atoms with Crippen molar-refractivity contribution in [3.05, 3.63) is 112 Å². The number of phenolic OH excluding ortho intramolecular Hbond substituents is 1. The van der Waals surface area contributed by atoms with E-state index < -0.39 is 0 Å². The zero-order valence-corrected chi connectivity index (χ0v) is 43.4. The van der Waals surface area contributed by atoms with E-state index in [4.69, 9.17) is 9.72 Å². The van der Waals surface area contributed by atoms with Crippen LogP contribution < -0.4 is 4.74 Å². The Morgan fingerprint density at radius 2 is 0.896 bits per heavy atom. The number of nitrogens with zero attached hydrogens (tertiary/aromatic N) is 1. The fourth-order valence-electron chi connectivity index (χ4n) is 19.5. The monoisotopic (exact) mass is 894 g/mol. The van der Waals surface area contributed by atoms with E-state index in [1.54, 1.807) is 12.7 Å². The van der Waals surface area contributed by atoms with Gasteiger partial charge in [-0.05, 0) is 198 Å². The van der Waals surface area contributed by atoms with Crippen molar-refractivity contribution in [2.75, 3.05) is 7.11 Å². The number of methoxy groups -OCH3 is 1. The molecule has 8 saturated carbocycles. The third kappa shape index (κ3) is 7.44. The molecule has 0 amide bonds. The lowest BCUT2D eigenvalue weighted by Gasteiger charge is -2.69. The van der Waals surface area contributed by atoms with Crippen LogP contribution in [0.1, 0.15) is 192 Å². The number of hydrogen-bond acceptors (Lipinski definition) is 3. The second kappa shape index (κ2) is 14.6. The minimum atomic E-state index is -0.0334. The lowest BCUT2D eigenvalue weighted by atomic mass is 9.35. The molecule has 1 heterocycles. The van der Waals surface area contributed by atoms with Crippen LogP contribution in [0.3, 0.4) is 0 Å². The van der Waals surface area contributed by atoms with E-state index in [2.05, 4.69) is 162 Å². The van der Waals surface area contributed by atoms with Gasteiger partial charge in [-0.3, -0.25) is 0 Å². The lowest BCUT2D eigenvalue weighted by Crippen LogP contribution is -2.60. The van der Waals surface area contributed by atoms with Crippen LogP contribution in [-0.4, -0.2) is 17.2 Å². The molecular weight excluding hydrogens is 815 g/mol. The van der Waals surface area contributed by atoms with E-state index in [1.165, 1.54) is 96.7 Å². The first-order valence-electron chi connectivity index (χ1n) is 26.2. The van der Waals surface area contributed by atoms with Gasteiger partial charge < -0.3 is 9.84 Å². The topological polar surface area (TPSA) is 42.4 Å². The minimum absolute atomic E-state index is 0.0334. The summed E-state index contributed by atoms with van der Waals surface area (Å²) in [4.78, 5) is 5.72. The first-order chi connectivity index (χ1) is 31.4. The predicted molar refractivity (Wildman–Crippen MR) is 279 cm³/mol. The fraction of sp³-hybridized carbons (Fsp3) is 0.547. The highest BCUT2D eigenvalue weighted by atomic mass is 16.5. The number of aromatic hydroxyl groups is 1. The molecule has 4 aromatic carbocycles. The van der Waals surface area contributed by atoms with Crippen LogP contribution in [0.15, 0.2) is 78.9 Å². The zero-order chi connectivity index (χ0) is 47.5. The Bertz CT molecular complexity index is 2750. The van der Waals surface area contributed by atoms with Crippen molar-refractivity contribution < 1.29 is 9.84 Å². The third-order valence-electron chi connectivity index (χ3n) is 18.8.